The van der Waals surface area contributed by atoms with Crippen LogP contribution in [0.25, 0.3) is 11.2 Å². The Balaban J connectivity index is 1.56. The third-order valence-corrected chi connectivity index (χ3v) is 6.61. The molecular weight excluding hydrogens is 412 g/mol. The summed E-state index contributed by atoms with van der Waals surface area (Å²) in [6.45, 7) is 2.00. The van der Waals surface area contributed by atoms with Gasteiger partial charge in [0.25, 0.3) is 0 Å². The first-order valence-corrected chi connectivity index (χ1v) is 10.6. The maximum Gasteiger partial charge on any atom is 0.229 e. The first kappa shape index (κ1) is 20.5. The minimum absolute atomic E-state index is 0.219. The number of anilines is 1. The number of imidazole rings is 1. The van der Waals surface area contributed by atoms with Crippen LogP contribution in [0.4, 0.5) is 5.82 Å². The fraction of sp³-hybridized carbons (Fsp3) is 0.455. The van der Waals surface area contributed by atoms with Gasteiger partial charge < -0.3 is 29.8 Å². The summed E-state index contributed by atoms with van der Waals surface area (Å²) in [6.07, 6.45) is 0.551. The lowest BCUT2D eigenvalue weighted by Crippen LogP contribution is -2.41. The molecule has 10 nitrogen and oxygen atoms in total. The molecule has 0 spiro atoms. The highest BCUT2D eigenvalue weighted by molar-refractivity contribution is 5.88. The summed E-state index contributed by atoms with van der Waals surface area (Å²) in [5.74, 6) is 7.50. The number of aliphatic hydroxyl groups is 2. The van der Waals surface area contributed by atoms with E-state index >= 15 is 0 Å². The van der Waals surface area contributed by atoms with Crippen LogP contribution in [0.1, 0.15) is 36.7 Å². The molecule has 5 rings (SSSR count). The van der Waals surface area contributed by atoms with Crippen LogP contribution >= 0.6 is 0 Å². The van der Waals surface area contributed by atoms with Gasteiger partial charge in [0.05, 0.1) is 23.9 Å². The van der Waals surface area contributed by atoms with Gasteiger partial charge in [0.2, 0.25) is 11.7 Å². The largest absolute Gasteiger partial charge is 0.453 e. The van der Waals surface area contributed by atoms with E-state index in [0.717, 1.165) is 12.2 Å². The molecule has 32 heavy (non-hydrogen) atoms. The van der Waals surface area contributed by atoms with E-state index in [1.807, 2.05) is 13.0 Å². The number of aromatic nitrogens is 4. The van der Waals surface area contributed by atoms with Crippen molar-refractivity contribution in [2.45, 2.75) is 38.0 Å². The van der Waals surface area contributed by atoms with Crippen molar-refractivity contribution in [3.05, 3.63) is 35.8 Å². The molecule has 10 heteroatoms. The van der Waals surface area contributed by atoms with Crippen LogP contribution in [-0.2, 0) is 11.2 Å². The summed E-state index contributed by atoms with van der Waals surface area (Å²) >= 11 is 0. The summed E-state index contributed by atoms with van der Waals surface area (Å²) < 4.78 is 7.34. The Bertz CT molecular complexity index is 1270. The number of nitrogens with one attached hydrogen (secondary N) is 2. The molecule has 0 saturated heterocycles. The Labute approximate surface area is 184 Å². The lowest BCUT2D eigenvalue weighted by Gasteiger charge is -2.23. The summed E-state index contributed by atoms with van der Waals surface area (Å²) in [5, 5.41) is 27.1. The number of carbonyl (C=O) groups excluding carboxylic acids is 1. The van der Waals surface area contributed by atoms with Gasteiger partial charge in [0, 0.05) is 26.4 Å². The van der Waals surface area contributed by atoms with Crippen LogP contribution in [0, 0.1) is 23.2 Å². The number of nitrogens with zero attached hydrogens (tertiary/aromatic N) is 4. The number of rotatable bonds is 4. The van der Waals surface area contributed by atoms with E-state index in [1.54, 1.807) is 24.0 Å². The lowest BCUT2D eigenvalue weighted by molar-refractivity contribution is -0.132. The Hall–Kier alpha value is -3.42. The van der Waals surface area contributed by atoms with Gasteiger partial charge in [-0.25, -0.2) is 15.0 Å². The highest BCUT2D eigenvalue weighted by Gasteiger charge is 2.75. The third-order valence-electron chi connectivity index (χ3n) is 6.61. The van der Waals surface area contributed by atoms with E-state index in [0.29, 0.717) is 29.2 Å². The van der Waals surface area contributed by atoms with Gasteiger partial charge in [-0.15, -0.1) is 0 Å². The zero-order valence-corrected chi connectivity index (χ0v) is 18.0. The molecule has 2 saturated carbocycles. The Kier molecular flexibility index (Phi) is 4.69. The molecular formula is C22H24N6O4. The second-order valence-corrected chi connectivity index (χ2v) is 8.20. The topological polar surface area (TPSA) is 138 Å². The quantitative estimate of drug-likeness (QED) is 0.433. The van der Waals surface area contributed by atoms with E-state index in [-0.39, 0.29) is 17.6 Å². The zero-order chi connectivity index (χ0) is 22.6. The number of aryl methyl sites for hydroxylation is 1. The number of hydrogen-bond donors (Lipinski definition) is 4. The van der Waals surface area contributed by atoms with Crippen molar-refractivity contribution in [1.29, 1.82) is 0 Å². The predicted molar refractivity (Wildman–Crippen MR) is 115 cm³/mol. The fourth-order valence-electron chi connectivity index (χ4n) is 4.90. The Morgan fingerprint density at radius 1 is 1.31 bits per heavy atom. The summed E-state index contributed by atoms with van der Waals surface area (Å²) in [4.78, 5) is 25.9. The van der Waals surface area contributed by atoms with Gasteiger partial charge in [0.15, 0.2) is 22.7 Å². The molecule has 4 N–H and O–H groups in total. The van der Waals surface area contributed by atoms with Crippen LogP contribution in [0.2, 0.25) is 0 Å². The van der Waals surface area contributed by atoms with Crippen LogP contribution in [0.5, 0.6) is 0 Å². The Morgan fingerprint density at radius 3 is 2.81 bits per heavy atom. The van der Waals surface area contributed by atoms with Crippen molar-refractivity contribution < 1.29 is 19.4 Å². The predicted octanol–water partition coefficient (Wildman–Crippen LogP) is 0.452. The van der Waals surface area contributed by atoms with Gasteiger partial charge in [-0.05, 0) is 30.4 Å². The average Bonchev–Trinajstić information content (AvgIpc) is 3.09. The molecule has 2 aliphatic carbocycles. The minimum atomic E-state index is -1.16. The number of aliphatic hydroxyl groups excluding tert-OH is 2. The molecule has 0 aromatic carbocycles. The SMILES string of the molecule is CCc1ccc(C#Cc2nc(NC)c3ncn([C@@H]4C5C[C@]5(C(=O)NC)C(O)[C@H]4O)c3n2)o1. The first-order valence-electron chi connectivity index (χ1n) is 10.6. The average molecular weight is 436 g/mol. The van der Waals surface area contributed by atoms with Crippen molar-refractivity contribution in [3.63, 3.8) is 0 Å². The van der Waals surface area contributed by atoms with E-state index in [9.17, 15) is 15.0 Å². The van der Waals surface area contributed by atoms with Crippen LogP contribution in [0.3, 0.4) is 0 Å². The molecule has 3 aromatic heterocycles. The molecule has 0 aliphatic heterocycles. The number of amides is 1. The summed E-state index contributed by atoms with van der Waals surface area (Å²) in [7, 11) is 3.26. The molecule has 2 fully saturated rings. The molecule has 0 radical (unpaired) electrons. The number of carbonyl (C=O) groups is 1. The van der Waals surface area contributed by atoms with Crippen molar-refractivity contribution in [2.75, 3.05) is 19.4 Å². The van der Waals surface area contributed by atoms with Gasteiger partial charge in [0.1, 0.15) is 11.9 Å². The molecule has 5 atom stereocenters. The number of hydrogen-bond acceptors (Lipinski definition) is 8. The third kappa shape index (κ3) is 2.82. The zero-order valence-electron chi connectivity index (χ0n) is 18.0. The van der Waals surface area contributed by atoms with E-state index in [1.165, 1.54) is 7.05 Å². The van der Waals surface area contributed by atoms with Crippen molar-refractivity contribution in [2.24, 2.45) is 11.3 Å². The highest BCUT2D eigenvalue weighted by atomic mass is 16.3. The molecule has 3 aromatic rings. The highest BCUT2D eigenvalue weighted by Crippen LogP contribution is 2.67. The fourth-order valence-corrected chi connectivity index (χ4v) is 4.90. The van der Waals surface area contributed by atoms with Gasteiger partial charge in [-0.2, -0.15) is 0 Å². The number of furan rings is 1. The van der Waals surface area contributed by atoms with Crippen molar-refractivity contribution in [1.82, 2.24) is 24.8 Å². The van der Waals surface area contributed by atoms with Crippen molar-refractivity contribution in [3.8, 4) is 11.8 Å². The smallest absolute Gasteiger partial charge is 0.229 e. The molecule has 3 heterocycles. The lowest BCUT2D eigenvalue weighted by atomic mass is 9.98. The normalized spacial score (nSPS) is 28.2. The maximum absolute atomic E-state index is 12.4. The first-order chi connectivity index (χ1) is 15.4. The van der Waals surface area contributed by atoms with Crippen molar-refractivity contribution >= 4 is 22.9 Å². The molecule has 0 bridgehead atoms. The molecule has 2 aliphatic rings. The van der Waals surface area contributed by atoms with Crippen LogP contribution in [-0.4, -0.2) is 61.9 Å². The summed E-state index contributed by atoms with van der Waals surface area (Å²) in [6, 6.07) is 3.14. The van der Waals surface area contributed by atoms with E-state index in [2.05, 4.69) is 37.4 Å². The second-order valence-electron chi connectivity index (χ2n) is 8.20. The summed E-state index contributed by atoms with van der Waals surface area (Å²) in [5.41, 5.74) is 0.00927. The second kappa shape index (κ2) is 7.32. The minimum Gasteiger partial charge on any atom is -0.453 e. The molecule has 2 unspecified atom stereocenters. The van der Waals surface area contributed by atoms with E-state index in [4.69, 9.17) is 4.42 Å². The maximum atomic E-state index is 12.4. The van der Waals surface area contributed by atoms with E-state index < -0.39 is 23.7 Å². The standard InChI is InChI=1S/C22H24N6O4/c1-4-11-5-6-12(32-11)7-8-14-26-19(23-2)15-20(27-14)28(10-25-15)16-13-9-22(13,21(31)24-3)18(30)17(16)29/h5-6,10,13,16-18,29-30H,4,9H2,1-3H3,(H,24,31)(H,23,26,27)/t13?,16-,17+,18?,22-/m1/s1. The van der Waals surface area contributed by atoms with Gasteiger partial charge in [-0.3, -0.25) is 4.79 Å². The monoisotopic (exact) mass is 436 g/mol. The van der Waals surface area contributed by atoms with Crippen LogP contribution in [0.15, 0.2) is 22.9 Å². The number of fused-ring (bicyclic) bond motifs is 2. The molecule has 166 valence electrons. The van der Waals surface area contributed by atoms with Gasteiger partial charge in [-0.1, -0.05) is 6.92 Å². The molecule has 1 amide bonds. The van der Waals surface area contributed by atoms with Crippen LogP contribution < -0.4 is 10.6 Å². The Morgan fingerprint density at radius 2 is 2.12 bits per heavy atom. The van der Waals surface area contributed by atoms with Gasteiger partial charge >= 0.3 is 0 Å².